The van der Waals surface area contributed by atoms with Gasteiger partial charge in [-0.3, -0.25) is 13.9 Å². The number of anilines is 1. The maximum absolute atomic E-state index is 14.2. The number of benzene rings is 4. The monoisotopic (exact) mass is 645 g/mol. The fourth-order valence-corrected chi connectivity index (χ4v) is 6.30. The lowest BCUT2D eigenvalue weighted by Gasteiger charge is -2.33. The Bertz CT molecular complexity index is 1680. The molecule has 1 atom stereocenters. The number of halogens is 1. The van der Waals surface area contributed by atoms with E-state index in [2.05, 4.69) is 5.32 Å². The van der Waals surface area contributed by atoms with E-state index in [-0.39, 0.29) is 23.0 Å². The van der Waals surface area contributed by atoms with Crippen LogP contribution < -0.4 is 14.4 Å². The Balaban J connectivity index is 1.70. The topological polar surface area (TPSA) is 96.0 Å². The van der Waals surface area contributed by atoms with Crippen LogP contribution in [0.4, 0.5) is 10.1 Å². The first kappa shape index (κ1) is 34.2. The summed E-state index contributed by atoms with van der Waals surface area (Å²) in [4.78, 5) is 28.9. The molecule has 0 heterocycles. The van der Waals surface area contributed by atoms with E-state index < -0.39 is 34.3 Å². The summed E-state index contributed by atoms with van der Waals surface area (Å²) in [5, 5.41) is 2.90. The maximum atomic E-state index is 14.2. The van der Waals surface area contributed by atoms with E-state index in [1.165, 1.54) is 29.2 Å². The predicted molar refractivity (Wildman–Crippen MR) is 178 cm³/mol. The highest BCUT2D eigenvalue weighted by Gasteiger charge is 2.33. The molecule has 0 saturated carbocycles. The third kappa shape index (κ3) is 8.94. The highest BCUT2D eigenvalue weighted by molar-refractivity contribution is 7.92. The molecule has 0 aromatic heterocycles. The smallest absolute Gasteiger partial charge is 0.264 e. The Morgan fingerprint density at radius 3 is 2.09 bits per heavy atom. The molecule has 0 radical (unpaired) electrons. The molecule has 8 nitrogen and oxygen atoms in total. The number of para-hydroxylation sites is 1. The first-order chi connectivity index (χ1) is 22.1. The Morgan fingerprint density at radius 1 is 0.848 bits per heavy atom. The second-order valence-corrected chi connectivity index (χ2v) is 12.8. The lowest BCUT2D eigenvalue weighted by atomic mass is 10.1. The van der Waals surface area contributed by atoms with Crippen molar-refractivity contribution in [1.82, 2.24) is 10.2 Å². The maximum Gasteiger partial charge on any atom is 0.264 e. The predicted octanol–water partition coefficient (Wildman–Crippen LogP) is 6.85. The van der Waals surface area contributed by atoms with Crippen LogP contribution in [0.1, 0.15) is 44.2 Å². The fourth-order valence-electron chi connectivity index (χ4n) is 4.88. The van der Waals surface area contributed by atoms with Gasteiger partial charge in [-0.1, -0.05) is 68.3 Å². The minimum atomic E-state index is -4.23. The number of carbonyl (C=O) groups excluding carboxylic acids is 2. The summed E-state index contributed by atoms with van der Waals surface area (Å²) < 4.78 is 48.9. The molecular formula is C36H40FN3O5S. The van der Waals surface area contributed by atoms with Gasteiger partial charge in [0, 0.05) is 13.1 Å². The molecule has 0 fully saturated rings. The number of carbonyl (C=O) groups is 2. The molecule has 0 aliphatic carbocycles. The highest BCUT2D eigenvalue weighted by Crippen LogP contribution is 2.29. The number of nitrogens with one attached hydrogen (secondary N) is 1. The minimum absolute atomic E-state index is 0.0128. The second kappa shape index (κ2) is 16.0. The zero-order valence-corrected chi connectivity index (χ0v) is 27.2. The van der Waals surface area contributed by atoms with Gasteiger partial charge in [0.15, 0.2) is 0 Å². The fraction of sp³-hybridized carbons (Fsp3) is 0.278. The van der Waals surface area contributed by atoms with Crippen molar-refractivity contribution < 1.29 is 27.1 Å². The van der Waals surface area contributed by atoms with Crippen molar-refractivity contribution in [3.8, 4) is 11.5 Å². The van der Waals surface area contributed by atoms with Crippen molar-refractivity contribution in [2.24, 2.45) is 0 Å². The first-order valence-corrected chi connectivity index (χ1v) is 16.8. The van der Waals surface area contributed by atoms with Gasteiger partial charge in [0.05, 0.1) is 10.6 Å². The standard InChI is InChI=1S/C36H40FN3O5S/c1-4-6-24-38-36(42)34(5-2)39(25-28-14-16-29(37)17-15-28)35(41)26-40(46(43,44)33-22-12-27(3)13-23-33)30-18-20-32(21-19-30)45-31-10-8-7-9-11-31/h7-23,34H,4-6,24-26H2,1-3H3,(H,38,42)/t34-/m0/s1. The summed E-state index contributed by atoms with van der Waals surface area (Å²) in [7, 11) is -4.23. The summed E-state index contributed by atoms with van der Waals surface area (Å²) >= 11 is 0. The van der Waals surface area contributed by atoms with E-state index in [9.17, 15) is 22.4 Å². The van der Waals surface area contributed by atoms with Crippen molar-refractivity contribution in [3.05, 3.63) is 120 Å². The number of sulfonamides is 1. The van der Waals surface area contributed by atoms with E-state index in [0.29, 0.717) is 30.0 Å². The van der Waals surface area contributed by atoms with Crippen LogP contribution in [-0.2, 0) is 26.2 Å². The van der Waals surface area contributed by atoms with Gasteiger partial charge < -0.3 is 15.0 Å². The minimum Gasteiger partial charge on any atom is -0.457 e. The van der Waals surface area contributed by atoms with Crippen LogP contribution in [0, 0.1) is 12.7 Å². The molecule has 1 N–H and O–H groups in total. The molecule has 242 valence electrons. The second-order valence-electron chi connectivity index (χ2n) is 11.0. The van der Waals surface area contributed by atoms with Gasteiger partial charge in [0.1, 0.15) is 29.9 Å². The van der Waals surface area contributed by atoms with E-state index in [0.717, 1.165) is 22.7 Å². The number of hydrogen-bond acceptors (Lipinski definition) is 5. The van der Waals surface area contributed by atoms with Gasteiger partial charge in [-0.2, -0.15) is 0 Å². The van der Waals surface area contributed by atoms with Crippen molar-refractivity contribution >= 4 is 27.5 Å². The van der Waals surface area contributed by atoms with Gasteiger partial charge in [0.25, 0.3) is 10.0 Å². The number of aryl methyl sites for hydroxylation is 1. The van der Waals surface area contributed by atoms with E-state index in [4.69, 9.17) is 4.74 Å². The van der Waals surface area contributed by atoms with Gasteiger partial charge in [-0.25, -0.2) is 12.8 Å². The third-order valence-electron chi connectivity index (χ3n) is 7.47. The Kier molecular flexibility index (Phi) is 11.9. The normalized spacial score (nSPS) is 11.8. The molecule has 0 bridgehead atoms. The number of nitrogens with zero attached hydrogens (tertiary/aromatic N) is 2. The van der Waals surface area contributed by atoms with Crippen LogP contribution in [-0.4, -0.2) is 44.3 Å². The largest absolute Gasteiger partial charge is 0.457 e. The van der Waals surface area contributed by atoms with Crippen molar-refractivity contribution in [3.63, 3.8) is 0 Å². The molecular weight excluding hydrogens is 605 g/mol. The van der Waals surface area contributed by atoms with Gasteiger partial charge in [-0.05, 0) is 86.0 Å². The lowest BCUT2D eigenvalue weighted by Crippen LogP contribution is -2.52. The van der Waals surface area contributed by atoms with Crippen LogP contribution in [0.5, 0.6) is 11.5 Å². The Labute approximate surface area is 270 Å². The van der Waals surface area contributed by atoms with Gasteiger partial charge in [-0.15, -0.1) is 0 Å². The van der Waals surface area contributed by atoms with Crippen LogP contribution >= 0.6 is 0 Å². The van der Waals surface area contributed by atoms with Gasteiger partial charge in [0.2, 0.25) is 11.8 Å². The van der Waals surface area contributed by atoms with E-state index in [1.54, 1.807) is 67.6 Å². The first-order valence-electron chi connectivity index (χ1n) is 15.4. The number of ether oxygens (including phenoxy) is 1. The molecule has 0 aliphatic rings. The van der Waals surface area contributed by atoms with Crippen molar-refractivity contribution in [2.45, 2.75) is 57.5 Å². The summed E-state index contributed by atoms with van der Waals surface area (Å²) in [6.45, 7) is 5.53. The molecule has 46 heavy (non-hydrogen) atoms. The summed E-state index contributed by atoms with van der Waals surface area (Å²) in [5.41, 5.74) is 1.73. The molecule has 0 saturated heterocycles. The van der Waals surface area contributed by atoms with E-state index >= 15 is 0 Å². The quantitative estimate of drug-likeness (QED) is 0.143. The molecule has 0 unspecified atom stereocenters. The zero-order valence-electron chi connectivity index (χ0n) is 26.4. The molecule has 0 aliphatic heterocycles. The molecule has 2 amide bonds. The van der Waals surface area contributed by atoms with Crippen molar-refractivity contribution in [2.75, 3.05) is 17.4 Å². The van der Waals surface area contributed by atoms with Crippen LogP contribution in [0.15, 0.2) is 108 Å². The molecule has 0 spiro atoms. The van der Waals surface area contributed by atoms with E-state index in [1.807, 2.05) is 32.0 Å². The zero-order chi connectivity index (χ0) is 33.1. The molecule has 4 aromatic carbocycles. The lowest BCUT2D eigenvalue weighted by molar-refractivity contribution is -0.140. The summed E-state index contributed by atoms with van der Waals surface area (Å²) in [5.74, 6) is -0.236. The number of hydrogen-bond donors (Lipinski definition) is 1. The summed E-state index contributed by atoms with van der Waals surface area (Å²) in [6, 6.07) is 26.8. The average molecular weight is 646 g/mol. The third-order valence-corrected chi connectivity index (χ3v) is 9.26. The molecule has 10 heteroatoms. The average Bonchev–Trinajstić information content (AvgIpc) is 3.05. The van der Waals surface area contributed by atoms with Crippen LogP contribution in [0.2, 0.25) is 0 Å². The van der Waals surface area contributed by atoms with Crippen molar-refractivity contribution in [1.29, 1.82) is 0 Å². The van der Waals surface area contributed by atoms with Crippen LogP contribution in [0.3, 0.4) is 0 Å². The molecule has 4 rings (SSSR count). The summed E-state index contributed by atoms with van der Waals surface area (Å²) in [6.07, 6.45) is 1.96. The van der Waals surface area contributed by atoms with Crippen LogP contribution in [0.25, 0.3) is 0 Å². The highest BCUT2D eigenvalue weighted by atomic mass is 32.2. The number of amides is 2. The molecule has 4 aromatic rings. The Hall–Kier alpha value is -4.70. The number of rotatable bonds is 15. The number of unbranched alkanes of at least 4 members (excludes halogenated alkanes) is 1. The SMILES string of the molecule is CCCCNC(=O)[C@H](CC)N(Cc1ccc(F)cc1)C(=O)CN(c1ccc(Oc2ccccc2)cc1)S(=O)(=O)c1ccc(C)cc1. The van der Waals surface area contributed by atoms with Gasteiger partial charge >= 0.3 is 0 Å². The Morgan fingerprint density at radius 2 is 1.48 bits per heavy atom.